The van der Waals surface area contributed by atoms with Gasteiger partial charge in [0.2, 0.25) is 5.88 Å². The summed E-state index contributed by atoms with van der Waals surface area (Å²) in [6, 6.07) is 3.86. The number of amides is 2. The summed E-state index contributed by atoms with van der Waals surface area (Å²) in [6.45, 7) is 9.27. The van der Waals surface area contributed by atoms with Gasteiger partial charge >= 0.3 is 6.03 Å². The van der Waals surface area contributed by atoms with Crippen molar-refractivity contribution >= 4 is 6.03 Å². The van der Waals surface area contributed by atoms with Crippen LogP contribution in [0.1, 0.15) is 5.69 Å². The van der Waals surface area contributed by atoms with Crippen LogP contribution in [-0.4, -0.2) is 96.6 Å². The van der Waals surface area contributed by atoms with E-state index in [9.17, 15) is 4.79 Å². The van der Waals surface area contributed by atoms with E-state index in [-0.39, 0.29) is 6.03 Å². The summed E-state index contributed by atoms with van der Waals surface area (Å²) in [7, 11) is 0. The van der Waals surface area contributed by atoms with Crippen molar-refractivity contribution in [2.24, 2.45) is 0 Å². The maximum Gasteiger partial charge on any atom is 0.320 e. The number of ether oxygens (including phenoxy) is 2. The zero-order valence-electron chi connectivity index (χ0n) is 14.2. The van der Waals surface area contributed by atoms with Crippen molar-refractivity contribution in [3.8, 4) is 5.88 Å². The third kappa shape index (κ3) is 4.55. The molecule has 3 rings (SSSR count). The molecule has 8 nitrogen and oxygen atoms in total. The fourth-order valence-corrected chi connectivity index (χ4v) is 2.86. The molecule has 2 aliphatic rings. The predicted octanol–water partition coefficient (Wildman–Crippen LogP) is 0.234. The van der Waals surface area contributed by atoms with Crippen LogP contribution in [0.4, 0.5) is 4.79 Å². The van der Waals surface area contributed by atoms with Gasteiger partial charge in [-0.1, -0.05) is 0 Å². The molecule has 0 N–H and O–H groups in total. The lowest BCUT2D eigenvalue weighted by Gasteiger charge is -2.38. The standard InChI is InChI=1S/C16H25N5O3/c1-14-2-3-15(18-17-14)24-13-8-19-4-6-20(7-5-19)16(22)21-9-11-23-12-10-21/h2-3H,4-13H2,1H3. The number of morpholine rings is 1. The molecule has 2 aliphatic heterocycles. The topological polar surface area (TPSA) is 71.0 Å². The number of nitrogens with zero attached hydrogens (tertiary/aromatic N) is 5. The van der Waals surface area contributed by atoms with Crippen LogP contribution in [0, 0.1) is 6.92 Å². The van der Waals surface area contributed by atoms with E-state index in [2.05, 4.69) is 15.1 Å². The van der Waals surface area contributed by atoms with Gasteiger partial charge in [-0.05, 0) is 13.0 Å². The third-order valence-electron chi connectivity index (χ3n) is 4.36. The van der Waals surface area contributed by atoms with E-state index in [1.807, 2.05) is 28.9 Å². The highest BCUT2D eigenvalue weighted by Crippen LogP contribution is 2.08. The minimum Gasteiger partial charge on any atom is -0.475 e. The first-order valence-electron chi connectivity index (χ1n) is 8.49. The van der Waals surface area contributed by atoms with E-state index in [0.29, 0.717) is 38.8 Å². The first-order chi connectivity index (χ1) is 11.7. The fraction of sp³-hybridized carbons (Fsp3) is 0.688. The van der Waals surface area contributed by atoms with Gasteiger partial charge < -0.3 is 19.3 Å². The molecule has 0 aliphatic carbocycles. The number of aryl methyl sites for hydroxylation is 1. The SMILES string of the molecule is Cc1ccc(OCCN2CCN(C(=O)N3CCOCC3)CC2)nn1. The number of piperazine rings is 1. The average Bonchev–Trinajstić information content (AvgIpc) is 2.64. The summed E-state index contributed by atoms with van der Waals surface area (Å²) in [5.41, 5.74) is 0.878. The van der Waals surface area contributed by atoms with Crippen LogP contribution in [0.5, 0.6) is 5.88 Å². The van der Waals surface area contributed by atoms with Crippen LogP contribution in [0.3, 0.4) is 0 Å². The molecule has 0 atom stereocenters. The van der Waals surface area contributed by atoms with Crippen LogP contribution in [0.25, 0.3) is 0 Å². The monoisotopic (exact) mass is 335 g/mol. The summed E-state index contributed by atoms with van der Waals surface area (Å²) in [5.74, 6) is 0.557. The van der Waals surface area contributed by atoms with Gasteiger partial charge in [-0.25, -0.2) is 4.79 Å². The number of rotatable bonds is 4. The number of hydrogen-bond acceptors (Lipinski definition) is 6. The maximum absolute atomic E-state index is 12.4. The number of urea groups is 1. The Morgan fingerprint density at radius 2 is 1.79 bits per heavy atom. The van der Waals surface area contributed by atoms with E-state index in [1.54, 1.807) is 0 Å². The highest BCUT2D eigenvalue weighted by atomic mass is 16.5. The van der Waals surface area contributed by atoms with E-state index in [1.165, 1.54) is 0 Å². The third-order valence-corrected chi connectivity index (χ3v) is 4.36. The van der Waals surface area contributed by atoms with Gasteiger partial charge in [0.25, 0.3) is 0 Å². The summed E-state index contributed by atoms with van der Waals surface area (Å²) < 4.78 is 10.9. The summed E-state index contributed by atoms with van der Waals surface area (Å²) in [4.78, 5) is 18.6. The van der Waals surface area contributed by atoms with Crippen LogP contribution < -0.4 is 4.74 Å². The van der Waals surface area contributed by atoms with Crippen molar-refractivity contribution in [1.29, 1.82) is 0 Å². The number of hydrogen-bond donors (Lipinski definition) is 0. The molecule has 2 fully saturated rings. The van der Waals surface area contributed by atoms with Crippen LogP contribution in [-0.2, 0) is 4.74 Å². The summed E-state index contributed by atoms with van der Waals surface area (Å²) in [5, 5.41) is 7.96. The van der Waals surface area contributed by atoms with Gasteiger partial charge in [-0.2, -0.15) is 5.10 Å². The highest BCUT2D eigenvalue weighted by Gasteiger charge is 2.26. The lowest BCUT2D eigenvalue weighted by molar-refractivity contribution is 0.0370. The Bertz CT molecular complexity index is 525. The van der Waals surface area contributed by atoms with Crippen molar-refractivity contribution in [1.82, 2.24) is 24.9 Å². The Morgan fingerprint density at radius 3 is 2.46 bits per heavy atom. The Kier molecular flexibility index (Phi) is 5.81. The molecule has 2 saturated heterocycles. The Hall–Kier alpha value is -1.93. The molecule has 1 aromatic heterocycles. The molecule has 8 heteroatoms. The molecule has 0 saturated carbocycles. The second kappa shape index (κ2) is 8.25. The molecule has 3 heterocycles. The predicted molar refractivity (Wildman–Crippen MR) is 88.1 cm³/mol. The van der Waals surface area contributed by atoms with Crippen molar-refractivity contribution in [2.45, 2.75) is 6.92 Å². The summed E-state index contributed by atoms with van der Waals surface area (Å²) >= 11 is 0. The minimum atomic E-state index is 0.143. The molecule has 1 aromatic rings. The maximum atomic E-state index is 12.4. The largest absolute Gasteiger partial charge is 0.475 e. The minimum absolute atomic E-state index is 0.143. The van der Waals surface area contributed by atoms with Gasteiger partial charge in [0.1, 0.15) is 6.61 Å². The Balaban J connectivity index is 1.35. The first kappa shape index (κ1) is 16.9. The molecule has 0 aromatic carbocycles. The second-order valence-corrected chi connectivity index (χ2v) is 6.07. The van der Waals surface area contributed by atoms with Crippen molar-refractivity contribution < 1.29 is 14.3 Å². The highest BCUT2D eigenvalue weighted by molar-refractivity contribution is 5.74. The van der Waals surface area contributed by atoms with Gasteiger partial charge in [-0.3, -0.25) is 4.90 Å². The number of carbonyl (C=O) groups excluding carboxylic acids is 1. The van der Waals surface area contributed by atoms with Crippen molar-refractivity contribution in [3.05, 3.63) is 17.8 Å². The molecule has 0 spiro atoms. The Labute approximate surface area is 142 Å². The lowest BCUT2D eigenvalue weighted by Crippen LogP contribution is -2.55. The van der Waals surface area contributed by atoms with E-state index >= 15 is 0 Å². The molecule has 24 heavy (non-hydrogen) atoms. The Morgan fingerprint density at radius 1 is 1.08 bits per heavy atom. The summed E-state index contributed by atoms with van der Waals surface area (Å²) in [6.07, 6.45) is 0. The molecule has 0 bridgehead atoms. The van der Waals surface area contributed by atoms with Crippen molar-refractivity contribution in [3.63, 3.8) is 0 Å². The molecule has 0 unspecified atom stereocenters. The van der Waals surface area contributed by atoms with Gasteiger partial charge in [-0.15, -0.1) is 5.10 Å². The molecular weight excluding hydrogens is 310 g/mol. The smallest absolute Gasteiger partial charge is 0.320 e. The van der Waals surface area contributed by atoms with Crippen LogP contribution >= 0.6 is 0 Å². The number of carbonyl (C=O) groups is 1. The first-order valence-corrected chi connectivity index (χ1v) is 8.49. The van der Waals surface area contributed by atoms with E-state index in [0.717, 1.165) is 38.4 Å². The quantitative estimate of drug-likeness (QED) is 0.785. The van der Waals surface area contributed by atoms with Crippen LogP contribution in [0.15, 0.2) is 12.1 Å². The second-order valence-electron chi connectivity index (χ2n) is 6.07. The molecular formula is C16H25N5O3. The van der Waals surface area contributed by atoms with Crippen LogP contribution in [0.2, 0.25) is 0 Å². The normalized spacial score (nSPS) is 19.4. The molecule has 132 valence electrons. The lowest BCUT2D eigenvalue weighted by atomic mass is 10.3. The number of aromatic nitrogens is 2. The van der Waals surface area contributed by atoms with Gasteiger partial charge in [0.15, 0.2) is 0 Å². The fourth-order valence-electron chi connectivity index (χ4n) is 2.86. The van der Waals surface area contributed by atoms with E-state index in [4.69, 9.17) is 9.47 Å². The zero-order chi connectivity index (χ0) is 16.8. The van der Waals surface area contributed by atoms with Gasteiger partial charge in [0.05, 0.1) is 18.9 Å². The average molecular weight is 335 g/mol. The molecule has 0 radical (unpaired) electrons. The van der Waals surface area contributed by atoms with Gasteiger partial charge in [0, 0.05) is 51.9 Å². The zero-order valence-corrected chi connectivity index (χ0v) is 14.2. The van der Waals surface area contributed by atoms with Crippen molar-refractivity contribution in [2.75, 3.05) is 65.6 Å². The molecule has 2 amide bonds. The van der Waals surface area contributed by atoms with E-state index < -0.39 is 0 Å².